The average Bonchev–Trinajstić information content (AvgIpc) is 2.42. The fourth-order valence-electron chi connectivity index (χ4n) is 1.92. The molecule has 5 heteroatoms. The summed E-state index contributed by atoms with van der Waals surface area (Å²) in [5.74, 6) is 0. The van der Waals surface area contributed by atoms with E-state index in [-0.39, 0.29) is 12.1 Å². The lowest BCUT2D eigenvalue weighted by molar-refractivity contribution is 0.0522. The maximum Gasteiger partial charge on any atom is 0.407 e. The van der Waals surface area contributed by atoms with Crippen LogP contribution in [0.2, 0.25) is 0 Å². The molecule has 0 bridgehead atoms. The molecule has 0 heterocycles. The monoisotopic (exact) mass is 293 g/mol. The largest absolute Gasteiger partial charge is 0.444 e. The predicted octanol–water partition coefficient (Wildman–Crippen LogP) is 2.19. The van der Waals surface area contributed by atoms with Crippen LogP contribution in [0, 0.1) is 0 Å². The number of hydrogen-bond donors (Lipinski definition) is 3. The Morgan fingerprint density at radius 1 is 1.29 bits per heavy atom. The van der Waals surface area contributed by atoms with Crippen molar-refractivity contribution in [3.63, 3.8) is 0 Å². The SMILES string of the molecule is CC(NC(CN)CNC(=O)OC(C)(C)C)c1ccccc1. The molecule has 1 aromatic carbocycles. The highest BCUT2D eigenvalue weighted by Gasteiger charge is 2.18. The maximum atomic E-state index is 11.6. The van der Waals surface area contributed by atoms with Gasteiger partial charge >= 0.3 is 6.09 Å². The topological polar surface area (TPSA) is 76.4 Å². The Balaban J connectivity index is 2.43. The molecule has 1 aromatic rings. The molecule has 4 N–H and O–H groups in total. The molecule has 1 rings (SSSR count). The van der Waals surface area contributed by atoms with Crippen molar-refractivity contribution in [1.82, 2.24) is 10.6 Å². The Hall–Kier alpha value is -1.59. The summed E-state index contributed by atoms with van der Waals surface area (Å²) >= 11 is 0. The van der Waals surface area contributed by atoms with Crippen LogP contribution in [0.15, 0.2) is 30.3 Å². The van der Waals surface area contributed by atoms with Crippen LogP contribution in [0.3, 0.4) is 0 Å². The minimum absolute atomic E-state index is 0.00674. The van der Waals surface area contributed by atoms with Crippen LogP contribution in [0.25, 0.3) is 0 Å². The molecule has 0 fully saturated rings. The zero-order chi connectivity index (χ0) is 15.9. The lowest BCUT2D eigenvalue weighted by atomic mass is 10.1. The Labute approximate surface area is 127 Å². The van der Waals surface area contributed by atoms with Gasteiger partial charge in [-0.05, 0) is 33.3 Å². The van der Waals surface area contributed by atoms with Crippen molar-refractivity contribution in [2.45, 2.75) is 45.4 Å². The highest BCUT2D eigenvalue weighted by atomic mass is 16.6. The van der Waals surface area contributed by atoms with Crippen molar-refractivity contribution in [2.24, 2.45) is 5.73 Å². The fourth-order valence-corrected chi connectivity index (χ4v) is 1.92. The molecule has 0 spiro atoms. The summed E-state index contributed by atoms with van der Waals surface area (Å²) in [6.07, 6.45) is -0.421. The number of hydrogen-bond acceptors (Lipinski definition) is 4. The van der Waals surface area contributed by atoms with Gasteiger partial charge in [0.1, 0.15) is 5.60 Å². The first-order chi connectivity index (χ1) is 9.81. The van der Waals surface area contributed by atoms with E-state index in [4.69, 9.17) is 10.5 Å². The van der Waals surface area contributed by atoms with Crippen molar-refractivity contribution in [3.8, 4) is 0 Å². The number of rotatable bonds is 6. The van der Waals surface area contributed by atoms with E-state index >= 15 is 0 Å². The second-order valence-electron chi connectivity index (χ2n) is 6.11. The molecular weight excluding hydrogens is 266 g/mol. The first kappa shape index (κ1) is 17.5. The zero-order valence-corrected chi connectivity index (χ0v) is 13.3. The molecule has 0 aliphatic heterocycles. The molecular formula is C16H27N3O2. The summed E-state index contributed by atoms with van der Waals surface area (Å²) in [5, 5.41) is 6.15. The molecule has 21 heavy (non-hydrogen) atoms. The summed E-state index contributed by atoms with van der Waals surface area (Å²) in [5.41, 5.74) is 6.45. The van der Waals surface area contributed by atoms with Gasteiger partial charge in [-0.15, -0.1) is 0 Å². The number of ether oxygens (including phenoxy) is 1. The zero-order valence-electron chi connectivity index (χ0n) is 13.3. The third-order valence-electron chi connectivity index (χ3n) is 2.96. The minimum Gasteiger partial charge on any atom is -0.444 e. The lowest BCUT2D eigenvalue weighted by Crippen LogP contribution is -2.47. The van der Waals surface area contributed by atoms with Gasteiger partial charge in [0.15, 0.2) is 0 Å². The molecule has 0 aliphatic carbocycles. The summed E-state index contributed by atoms with van der Waals surface area (Å²) in [6.45, 7) is 8.45. The molecule has 1 amide bonds. The van der Waals surface area contributed by atoms with Crippen LogP contribution in [-0.4, -0.2) is 30.8 Å². The van der Waals surface area contributed by atoms with E-state index in [2.05, 4.69) is 29.7 Å². The summed E-state index contributed by atoms with van der Waals surface area (Å²) in [7, 11) is 0. The van der Waals surface area contributed by atoms with Gasteiger partial charge in [-0.2, -0.15) is 0 Å². The number of carbonyl (C=O) groups excluding carboxylic acids is 1. The van der Waals surface area contributed by atoms with E-state index in [0.29, 0.717) is 13.1 Å². The van der Waals surface area contributed by atoms with E-state index in [1.165, 1.54) is 5.56 Å². The molecule has 2 atom stereocenters. The van der Waals surface area contributed by atoms with Gasteiger partial charge in [-0.1, -0.05) is 30.3 Å². The molecule has 0 aromatic heterocycles. The number of amides is 1. The summed E-state index contributed by atoms with van der Waals surface area (Å²) in [4.78, 5) is 11.6. The van der Waals surface area contributed by atoms with Crippen molar-refractivity contribution < 1.29 is 9.53 Å². The minimum atomic E-state index is -0.493. The van der Waals surface area contributed by atoms with Gasteiger partial charge in [0.25, 0.3) is 0 Å². The Morgan fingerprint density at radius 3 is 2.43 bits per heavy atom. The molecule has 0 saturated carbocycles. The number of nitrogens with one attached hydrogen (secondary N) is 2. The van der Waals surface area contributed by atoms with E-state index in [0.717, 1.165) is 0 Å². The number of carbonyl (C=O) groups is 1. The molecule has 5 nitrogen and oxygen atoms in total. The Bertz CT molecular complexity index is 429. The average molecular weight is 293 g/mol. The first-order valence-corrected chi connectivity index (χ1v) is 7.29. The summed E-state index contributed by atoms with van der Waals surface area (Å²) in [6, 6.07) is 10.3. The Morgan fingerprint density at radius 2 is 1.90 bits per heavy atom. The standard InChI is InChI=1S/C16H27N3O2/c1-12(13-8-6-5-7-9-13)19-14(10-17)11-18-15(20)21-16(2,3)4/h5-9,12,14,19H,10-11,17H2,1-4H3,(H,18,20). The molecule has 2 unspecified atom stereocenters. The highest BCUT2D eigenvalue weighted by Crippen LogP contribution is 2.11. The van der Waals surface area contributed by atoms with Crippen LogP contribution in [0.5, 0.6) is 0 Å². The van der Waals surface area contributed by atoms with Crippen molar-refractivity contribution in [3.05, 3.63) is 35.9 Å². The van der Waals surface area contributed by atoms with E-state index in [9.17, 15) is 4.79 Å². The molecule has 0 aliphatic rings. The smallest absolute Gasteiger partial charge is 0.407 e. The van der Waals surface area contributed by atoms with Gasteiger partial charge < -0.3 is 21.1 Å². The van der Waals surface area contributed by atoms with E-state index < -0.39 is 11.7 Å². The summed E-state index contributed by atoms with van der Waals surface area (Å²) < 4.78 is 5.20. The van der Waals surface area contributed by atoms with E-state index in [1.807, 2.05) is 39.0 Å². The highest BCUT2D eigenvalue weighted by molar-refractivity contribution is 5.67. The third kappa shape index (κ3) is 7.11. The van der Waals surface area contributed by atoms with Crippen LogP contribution in [0.4, 0.5) is 4.79 Å². The second-order valence-corrected chi connectivity index (χ2v) is 6.11. The predicted molar refractivity (Wildman–Crippen MR) is 85.1 cm³/mol. The van der Waals surface area contributed by atoms with Crippen molar-refractivity contribution in [1.29, 1.82) is 0 Å². The Kier molecular flexibility index (Phi) is 6.65. The lowest BCUT2D eigenvalue weighted by Gasteiger charge is -2.24. The van der Waals surface area contributed by atoms with Crippen LogP contribution in [-0.2, 0) is 4.74 Å². The fraction of sp³-hybridized carbons (Fsp3) is 0.562. The van der Waals surface area contributed by atoms with Gasteiger partial charge in [-0.3, -0.25) is 0 Å². The number of alkyl carbamates (subject to hydrolysis) is 1. The maximum absolute atomic E-state index is 11.6. The number of benzene rings is 1. The third-order valence-corrected chi connectivity index (χ3v) is 2.96. The van der Waals surface area contributed by atoms with E-state index in [1.54, 1.807) is 0 Å². The quantitative estimate of drug-likeness (QED) is 0.751. The van der Waals surface area contributed by atoms with Gasteiger partial charge in [-0.25, -0.2) is 4.79 Å². The second kappa shape index (κ2) is 8.00. The van der Waals surface area contributed by atoms with Gasteiger partial charge in [0, 0.05) is 25.2 Å². The van der Waals surface area contributed by atoms with Crippen molar-refractivity contribution in [2.75, 3.05) is 13.1 Å². The molecule has 0 saturated heterocycles. The number of nitrogens with two attached hydrogens (primary N) is 1. The molecule has 118 valence electrons. The first-order valence-electron chi connectivity index (χ1n) is 7.29. The van der Waals surface area contributed by atoms with Gasteiger partial charge in [0.2, 0.25) is 0 Å². The normalized spacial score (nSPS) is 14.3. The van der Waals surface area contributed by atoms with Crippen LogP contribution in [0.1, 0.15) is 39.3 Å². The van der Waals surface area contributed by atoms with Crippen molar-refractivity contribution >= 4 is 6.09 Å². The van der Waals surface area contributed by atoms with Crippen LogP contribution < -0.4 is 16.4 Å². The van der Waals surface area contributed by atoms with Crippen LogP contribution >= 0.6 is 0 Å². The molecule has 0 radical (unpaired) electrons. The van der Waals surface area contributed by atoms with Gasteiger partial charge in [0.05, 0.1) is 0 Å².